The number of benzene rings is 2. The molecule has 0 saturated heterocycles. The Hall–Kier alpha value is -3.10. The number of nitrogens with zero attached hydrogens (tertiary/aromatic N) is 2. The summed E-state index contributed by atoms with van der Waals surface area (Å²) in [6.07, 6.45) is 3.62. The zero-order valence-corrected chi connectivity index (χ0v) is 20.8. The van der Waals surface area contributed by atoms with E-state index < -0.39 is 17.9 Å². The monoisotopic (exact) mass is 519 g/mol. The van der Waals surface area contributed by atoms with Gasteiger partial charge in [-0.3, -0.25) is 14.6 Å². The summed E-state index contributed by atoms with van der Waals surface area (Å²) in [7, 11) is 1.75. The topological polar surface area (TPSA) is 108 Å². The number of likely N-dealkylation sites (N-methyl/N-ethyl adjacent to an activating group) is 1. The minimum atomic E-state index is -1.17. The highest BCUT2D eigenvalue weighted by Crippen LogP contribution is 2.24. The zero-order valence-electron chi connectivity index (χ0n) is 19.3. The average molecular weight is 520 g/mol. The van der Waals surface area contributed by atoms with Crippen LogP contribution < -0.4 is 10.1 Å². The van der Waals surface area contributed by atoms with Gasteiger partial charge in [0, 0.05) is 19.9 Å². The third-order valence-electron chi connectivity index (χ3n) is 5.63. The van der Waals surface area contributed by atoms with E-state index in [4.69, 9.17) is 27.9 Å². The van der Waals surface area contributed by atoms with Gasteiger partial charge in [0.2, 0.25) is 5.91 Å². The number of hydrogen-bond donors (Lipinski definition) is 2. The summed E-state index contributed by atoms with van der Waals surface area (Å²) in [5.41, 5.74) is 0.772. The lowest BCUT2D eigenvalue weighted by atomic mass is 10.1. The van der Waals surface area contributed by atoms with Gasteiger partial charge in [0.15, 0.2) is 0 Å². The molecule has 2 N–H and O–H groups in total. The number of amidine groups is 1. The van der Waals surface area contributed by atoms with Gasteiger partial charge in [-0.25, -0.2) is 4.79 Å². The minimum absolute atomic E-state index is 0.0359. The summed E-state index contributed by atoms with van der Waals surface area (Å²) in [6, 6.07) is 10.6. The van der Waals surface area contributed by atoms with E-state index in [0.29, 0.717) is 12.4 Å². The van der Waals surface area contributed by atoms with Crippen LogP contribution in [-0.4, -0.2) is 59.9 Å². The molecule has 1 aliphatic rings. The van der Waals surface area contributed by atoms with Crippen molar-refractivity contribution >= 4 is 46.8 Å². The number of halogens is 2. The summed E-state index contributed by atoms with van der Waals surface area (Å²) in [6.45, 7) is 0.799. The molecule has 2 aromatic rings. The Balaban J connectivity index is 1.43. The molecule has 10 heteroatoms. The van der Waals surface area contributed by atoms with Crippen LogP contribution >= 0.6 is 23.2 Å². The molecule has 1 heterocycles. The molecule has 0 aliphatic carbocycles. The van der Waals surface area contributed by atoms with Gasteiger partial charge in [0.25, 0.3) is 5.91 Å². The van der Waals surface area contributed by atoms with Crippen molar-refractivity contribution < 1.29 is 24.2 Å². The van der Waals surface area contributed by atoms with E-state index >= 15 is 0 Å². The van der Waals surface area contributed by atoms with E-state index in [2.05, 4.69) is 10.3 Å². The van der Waals surface area contributed by atoms with Crippen LogP contribution in [0.25, 0.3) is 0 Å². The maximum atomic E-state index is 12.6. The number of amides is 2. The summed E-state index contributed by atoms with van der Waals surface area (Å²) in [5.74, 6) is -0.253. The fourth-order valence-electron chi connectivity index (χ4n) is 3.62. The largest absolute Gasteiger partial charge is 0.494 e. The Kier molecular flexibility index (Phi) is 9.51. The predicted molar refractivity (Wildman–Crippen MR) is 135 cm³/mol. The van der Waals surface area contributed by atoms with Crippen LogP contribution in [0.5, 0.6) is 5.75 Å². The van der Waals surface area contributed by atoms with Gasteiger partial charge in [-0.1, -0.05) is 41.4 Å². The molecule has 0 radical (unpaired) electrons. The summed E-state index contributed by atoms with van der Waals surface area (Å²) >= 11 is 12.1. The second-order valence-electron chi connectivity index (χ2n) is 8.15. The number of carboxylic acid groups (broad SMARTS) is 1. The van der Waals surface area contributed by atoms with Gasteiger partial charge in [-0.15, -0.1) is 0 Å². The molecule has 0 saturated carbocycles. The maximum Gasteiger partial charge on any atom is 0.326 e. The number of ether oxygens (including phenoxy) is 1. The third kappa shape index (κ3) is 7.44. The molecular weight excluding hydrogens is 493 g/mol. The standard InChI is InChI=1S/C25H27Cl2N3O5/c1-30-21(28-15-22(30)31)8-3-2-4-13-35-17-11-9-16(10-12-17)14-20(25(33)34)29-24(32)23-18(26)6-5-7-19(23)27/h5-7,9-12,20H,2-4,8,13-15H2,1H3,(H,29,32)(H,33,34)/t20-/m0/s1. The van der Waals surface area contributed by atoms with E-state index in [0.717, 1.165) is 37.1 Å². The number of rotatable bonds is 12. The van der Waals surface area contributed by atoms with Crippen LogP contribution in [0.15, 0.2) is 47.5 Å². The van der Waals surface area contributed by atoms with Crippen molar-refractivity contribution in [3.8, 4) is 5.75 Å². The fraction of sp³-hybridized carbons (Fsp3) is 0.360. The lowest BCUT2D eigenvalue weighted by Gasteiger charge is -2.16. The number of carbonyl (C=O) groups excluding carboxylic acids is 2. The first kappa shape index (κ1) is 26.5. The fourth-order valence-corrected chi connectivity index (χ4v) is 4.19. The number of nitrogens with one attached hydrogen (secondary N) is 1. The van der Waals surface area contributed by atoms with E-state index in [1.807, 2.05) is 0 Å². The first-order valence-electron chi connectivity index (χ1n) is 11.3. The lowest BCUT2D eigenvalue weighted by molar-refractivity contribution is -0.139. The minimum Gasteiger partial charge on any atom is -0.494 e. The number of hydrogen-bond acceptors (Lipinski definition) is 5. The highest BCUT2D eigenvalue weighted by molar-refractivity contribution is 6.39. The first-order valence-corrected chi connectivity index (χ1v) is 12.0. The summed E-state index contributed by atoms with van der Waals surface area (Å²) in [4.78, 5) is 41.6. The smallest absolute Gasteiger partial charge is 0.326 e. The number of carboxylic acids is 1. The van der Waals surface area contributed by atoms with Gasteiger partial charge in [0.05, 0.1) is 22.2 Å². The molecule has 0 fully saturated rings. The van der Waals surface area contributed by atoms with E-state index in [-0.39, 0.29) is 34.5 Å². The Morgan fingerprint density at radius 1 is 1.11 bits per heavy atom. The van der Waals surface area contributed by atoms with Gasteiger partial charge in [-0.2, -0.15) is 0 Å². The van der Waals surface area contributed by atoms with Gasteiger partial charge in [-0.05, 0) is 49.1 Å². The molecule has 2 amide bonds. The molecule has 35 heavy (non-hydrogen) atoms. The van der Waals surface area contributed by atoms with Crippen molar-refractivity contribution in [2.45, 2.75) is 38.1 Å². The number of unbranched alkanes of at least 4 members (excludes halogenated alkanes) is 2. The SMILES string of the molecule is CN1C(=O)CN=C1CCCCCOc1ccc(C[C@H](NC(=O)c2c(Cl)cccc2Cl)C(=O)O)cc1. The van der Waals surface area contributed by atoms with Crippen molar-refractivity contribution in [1.82, 2.24) is 10.2 Å². The maximum absolute atomic E-state index is 12.6. The summed E-state index contributed by atoms with van der Waals surface area (Å²) < 4.78 is 5.76. The second kappa shape index (κ2) is 12.6. The van der Waals surface area contributed by atoms with E-state index in [1.165, 1.54) is 12.1 Å². The van der Waals surface area contributed by atoms with Crippen LogP contribution in [0.4, 0.5) is 0 Å². The molecule has 0 spiro atoms. The van der Waals surface area contributed by atoms with Crippen molar-refractivity contribution in [3.05, 3.63) is 63.6 Å². The predicted octanol–water partition coefficient (Wildman–Crippen LogP) is 4.23. The zero-order chi connectivity index (χ0) is 25.4. The Morgan fingerprint density at radius 2 is 1.80 bits per heavy atom. The third-order valence-corrected chi connectivity index (χ3v) is 6.26. The van der Waals surface area contributed by atoms with E-state index in [1.54, 1.807) is 42.3 Å². The molecule has 2 aromatic carbocycles. The van der Waals surface area contributed by atoms with E-state index in [9.17, 15) is 19.5 Å². The van der Waals surface area contributed by atoms with Crippen molar-refractivity contribution in [2.75, 3.05) is 20.2 Å². The molecule has 0 bridgehead atoms. The Bertz CT molecular complexity index is 1080. The Morgan fingerprint density at radius 3 is 2.40 bits per heavy atom. The van der Waals surface area contributed by atoms with Crippen molar-refractivity contribution in [1.29, 1.82) is 0 Å². The Labute approximate surface area is 213 Å². The highest BCUT2D eigenvalue weighted by Gasteiger charge is 2.24. The van der Waals surface area contributed by atoms with Gasteiger partial charge in [0.1, 0.15) is 24.2 Å². The molecule has 0 unspecified atom stereocenters. The summed E-state index contributed by atoms with van der Waals surface area (Å²) in [5, 5.41) is 12.4. The number of carbonyl (C=O) groups is 3. The second-order valence-corrected chi connectivity index (χ2v) is 8.97. The van der Waals surface area contributed by atoms with Gasteiger partial charge >= 0.3 is 5.97 Å². The van der Waals surface area contributed by atoms with Crippen LogP contribution in [0, 0.1) is 0 Å². The van der Waals surface area contributed by atoms with Crippen molar-refractivity contribution in [2.24, 2.45) is 4.99 Å². The van der Waals surface area contributed by atoms with Crippen LogP contribution in [0.1, 0.15) is 41.6 Å². The highest BCUT2D eigenvalue weighted by atomic mass is 35.5. The first-order chi connectivity index (χ1) is 16.8. The quantitative estimate of drug-likeness (QED) is 0.408. The lowest BCUT2D eigenvalue weighted by Crippen LogP contribution is -2.42. The number of aliphatic imine (C=N–C) groups is 1. The van der Waals surface area contributed by atoms with Crippen LogP contribution in [0.2, 0.25) is 10.0 Å². The van der Waals surface area contributed by atoms with Crippen LogP contribution in [0.3, 0.4) is 0 Å². The molecule has 8 nitrogen and oxygen atoms in total. The molecular formula is C25H27Cl2N3O5. The average Bonchev–Trinajstić information content (AvgIpc) is 3.14. The van der Waals surface area contributed by atoms with Gasteiger partial charge < -0.3 is 20.1 Å². The molecule has 0 aromatic heterocycles. The molecule has 3 rings (SSSR count). The molecule has 1 aliphatic heterocycles. The molecule has 186 valence electrons. The molecule has 1 atom stereocenters. The van der Waals surface area contributed by atoms with Crippen LogP contribution in [-0.2, 0) is 16.0 Å². The number of aliphatic carboxylic acids is 1. The normalized spacial score (nSPS) is 14.0. The van der Waals surface area contributed by atoms with Crippen molar-refractivity contribution in [3.63, 3.8) is 0 Å².